The lowest BCUT2D eigenvalue weighted by molar-refractivity contribution is -0.384. The number of imide groups is 1. The Morgan fingerprint density at radius 1 is 1.12 bits per heavy atom. The molecule has 32 heavy (non-hydrogen) atoms. The molecule has 3 heterocycles. The largest absolute Gasteiger partial charge is 0.368 e. The first-order valence-electron chi connectivity index (χ1n) is 11.2. The number of amides is 3. The van der Waals surface area contributed by atoms with Crippen molar-refractivity contribution in [3.05, 3.63) is 28.3 Å². The van der Waals surface area contributed by atoms with Crippen LogP contribution in [0.25, 0.3) is 0 Å². The van der Waals surface area contributed by atoms with Gasteiger partial charge in [0.05, 0.1) is 10.6 Å². The van der Waals surface area contributed by atoms with Gasteiger partial charge in [-0.05, 0) is 50.9 Å². The van der Waals surface area contributed by atoms with Gasteiger partial charge in [-0.15, -0.1) is 0 Å². The first-order valence-corrected chi connectivity index (χ1v) is 11.2. The van der Waals surface area contributed by atoms with Gasteiger partial charge in [0.15, 0.2) is 0 Å². The van der Waals surface area contributed by atoms with Gasteiger partial charge in [-0.1, -0.05) is 13.3 Å². The SMILES string of the molecule is C[C@@H]1CC(=O)N(c2ccc(N3CCC(C(N)=O)(N4CCCCC4)CC3)c([N+](=O)[O-])c2)C1=O. The maximum Gasteiger partial charge on any atom is 0.294 e. The minimum absolute atomic E-state index is 0.103. The molecule has 0 unspecified atom stereocenters. The van der Waals surface area contributed by atoms with Crippen molar-refractivity contribution < 1.29 is 19.3 Å². The van der Waals surface area contributed by atoms with Crippen molar-refractivity contribution in [1.29, 1.82) is 0 Å². The van der Waals surface area contributed by atoms with Crippen LogP contribution in [-0.4, -0.2) is 59.3 Å². The summed E-state index contributed by atoms with van der Waals surface area (Å²) in [5.41, 5.74) is 5.61. The van der Waals surface area contributed by atoms with Gasteiger partial charge in [-0.25, -0.2) is 0 Å². The Balaban J connectivity index is 1.58. The Morgan fingerprint density at radius 3 is 2.31 bits per heavy atom. The van der Waals surface area contributed by atoms with E-state index in [0.717, 1.165) is 37.3 Å². The highest BCUT2D eigenvalue weighted by atomic mass is 16.6. The first kappa shape index (κ1) is 22.2. The number of anilines is 2. The number of likely N-dealkylation sites (tertiary alicyclic amines) is 1. The number of hydrogen-bond donors (Lipinski definition) is 1. The Kier molecular flexibility index (Phi) is 5.89. The second kappa shape index (κ2) is 8.50. The van der Waals surface area contributed by atoms with Crippen LogP contribution >= 0.6 is 0 Å². The van der Waals surface area contributed by atoms with Crippen molar-refractivity contribution >= 4 is 34.8 Å². The smallest absolute Gasteiger partial charge is 0.294 e. The first-order chi connectivity index (χ1) is 15.2. The van der Waals surface area contributed by atoms with Crippen LogP contribution in [0.5, 0.6) is 0 Å². The van der Waals surface area contributed by atoms with Crippen molar-refractivity contribution in [1.82, 2.24) is 4.90 Å². The van der Waals surface area contributed by atoms with Crippen molar-refractivity contribution in [2.75, 3.05) is 36.0 Å². The molecule has 10 heteroatoms. The van der Waals surface area contributed by atoms with E-state index < -0.39 is 16.4 Å². The monoisotopic (exact) mass is 443 g/mol. The maximum atomic E-state index is 12.5. The van der Waals surface area contributed by atoms with Crippen LogP contribution < -0.4 is 15.5 Å². The summed E-state index contributed by atoms with van der Waals surface area (Å²) in [5.74, 6) is -1.46. The van der Waals surface area contributed by atoms with Gasteiger partial charge >= 0.3 is 0 Å². The van der Waals surface area contributed by atoms with E-state index in [1.165, 1.54) is 6.07 Å². The summed E-state index contributed by atoms with van der Waals surface area (Å²) >= 11 is 0. The molecule has 0 aromatic heterocycles. The van der Waals surface area contributed by atoms with Gasteiger partial charge in [0.25, 0.3) is 5.69 Å². The molecule has 172 valence electrons. The molecule has 3 aliphatic rings. The molecule has 1 atom stereocenters. The summed E-state index contributed by atoms with van der Waals surface area (Å²) in [6, 6.07) is 4.47. The van der Waals surface area contributed by atoms with E-state index in [2.05, 4.69) is 4.90 Å². The van der Waals surface area contributed by atoms with Crippen molar-refractivity contribution in [3.63, 3.8) is 0 Å². The van der Waals surface area contributed by atoms with Crippen molar-refractivity contribution in [2.45, 2.75) is 51.0 Å². The summed E-state index contributed by atoms with van der Waals surface area (Å²) in [6.07, 6.45) is 4.34. The predicted octanol–water partition coefficient (Wildman–Crippen LogP) is 1.80. The molecule has 3 saturated heterocycles. The van der Waals surface area contributed by atoms with Crippen LogP contribution in [0, 0.1) is 16.0 Å². The van der Waals surface area contributed by atoms with Crippen molar-refractivity contribution in [3.8, 4) is 0 Å². The molecule has 0 bridgehead atoms. The summed E-state index contributed by atoms with van der Waals surface area (Å²) in [7, 11) is 0. The van der Waals surface area contributed by atoms with E-state index in [-0.39, 0.29) is 35.5 Å². The third kappa shape index (κ3) is 3.72. The summed E-state index contributed by atoms with van der Waals surface area (Å²) in [6.45, 7) is 4.27. The zero-order valence-corrected chi connectivity index (χ0v) is 18.3. The molecule has 0 radical (unpaired) electrons. The lowest BCUT2D eigenvalue weighted by Crippen LogP contribution is -2.63. The number of nitro groups is 1. The average Bonchev–Trinajstić information content (AvgIpc) is 3.05. The summed E-state index contributed by atoms with van der Waals surface area (Å²) < 4.78 is 0. The highest BCUT2D eigenvalue weighted by Gasteiger charge is 2.46. The standard InChI is InChI=1S/C22H29N5O5/c1-15-13-19(28)26(20(15)29)16-5-6-17(18(14-16)27(31)32)24-11-7-22(8-12-24,21(23)30)25-9-3-2-4-10-25/h5-6,14-15H,2-4,7-13H2,1H3,(H2,23,30)/t15-/m1/s1. The Hall–Kier alpha value is -3.01. The molecule has 3 amide bonds. The number of carbonyl (C=O) groups excluding carboxylic acids is 3. The van der Waals surface area contributed by atoms with Crippen LogP contribution in [0.3, 0.4) is 0 Å². The number of piperidine rings is 2. The molecular formula is C22H29N5O5. The molecule has 4 rings (SSSR count). The number of carbonyl (C=O) groups is 3. The quantitative estimate of drug-likeness (QED) is 0.417. The zero-order chi connectivity index (χ0) is 23.0. The molecule has 1 aromatic rings. The molecule has 2 N–H and O–H groups in total. The molecule has 0 aliphatic carbocycles. The number of nitrogens with zero attached hydrogens (tertiary/aromatic N) is 4. The second-order valence-corrected chi connectivity index (χ2v) is 9.03. The van der Waals surface area contributed by atoms with Gasteiger partial charge in [-0.3, -0.25) is 34.3 Å². The Morgan fingerprint density at radius 2 is 1.78 bits per heavy atom. The molecule has 0 spiro atoms. The fourth-order valence-corrected chi connectivity index (χ4v) is 5.28. The summed E-state index contributed by atoms with van der Waals surface area (Å²) in [4.78, 5) is 53.5. The number of primary amides is 1. The fourth-order valence-electron chi connectivity index (χ4n) is 5.28. The Labute approximate surface area is 186 Å². The van der Waals surface area contributed by atoms with Crippen LogP contribution in [0.2, 0.25) is 0 Å². The highest BCUT2D eigenvalue weighted by Crippen LogP contribution is 2.39. The normalized spacial score (nSPS) is 24.1. The molecule has 0 saturated carbocycles. The molecule has 1 aromatic carbocycles. The van der Waals surface area contributed by atoms with Gasteiger partial charge in [0.2, 0.25) is 17.7 Å². The third-order valence-corrected chi connectivity index (χ3v) is 7.14. The fraction of sp³-hybridized carbons (Fsp3) is 0.591. The molecule has 3 aliphatic heterocycles. The topological polar surface area (TPSA) is 130 Å². The number of benzene rings is 1. The van der Waals surface area contributed by atoms with Gasteiger partial charge in [0, 0.05) is 31.5 Å². The zero-order valence-electron chi connectivity index (χ0n) is 18.3. The minimum atomic E-state index is -0.712. The lowest BCUT2D eigenvalue weighted by Gasteiger charge is -2.48. The number of rotatable bonds is 5. The van der Waals surface area contributed by atoms with E-state index in [1.54, 1.807) is 19.1 Å². The molecular weight excluding hydrogens is 414 g/mol. The van der Waals surface area contributed by atoms with Crippen LogP contribution in [0.1, 0.15) is 45.4 Å². The van der Waals surface area contributed by atoms with E-state index in [9.17, 15) is 24.5 Å². The highest BCUT2D eigenvalue weighted by molar-refractivity contribution is 6.21. The van der Waals surface area contributed by atoms with Gasteiger partial charge in [-0.2, -0.15) is 0 Å². The summed E-state index contributed by atoms with van der Waals surface area (Å²) in [5, 5.41) is 11.8. The van der Waals surface area contributed by atoms with E-state index in [4.69, 9.17) is 5.73 Å². The molecule has 3 fully saturated rings. The van der Waals surface area contributed by atoms with Crippen LogP contribution in [-0.2, 0) is 14.4 Å². The Bertz CT molecular complexity index is 950. The van der Waals surface area contributed by atoms with Gasteiger partial charge in [0.1, 0.15) is 11.2 Å². The molecule has 10 nitrogen and oxygen atoms in total. The maximum absolute atomic E-state index is 12.5. The minimum Gasteiger partial charge on any atom is -0.368 e. The number of nitro benzene ring substituents is 1. The van der Waals surface area contributed by atoms with Crippen molar-refractivity contribution in [2.24, 2.45) is 11.7 Å². The van der Waals surface area contributed by atoms with E-state index in [1.807, 2.05) is 4.90 Å². The van der Waals surface area contributed by atoms with Gasteiger partial charge < -0.3 is 10.6 Å². The second-order valence-electron chi connectivity index (χ2n) is 9.03. The van der Waals surface area contributed by atoms with E-state index in [0.29, 0.717) is 31.6 Å². The number of nitrogens with two attached hydrogens (primary N) is 1. The van der Waals surface area contributed by atoms with Crippen LogP contribution in [0.4, 0.5) is 17.1 Å². The third-order valence-electron chi connectivity index (χ3n) is 7.14. The predicted molar refractivity (Wildman–Crippen MR) is 118 cm³/mol. The van der Waals surface area contributed by atoms with Crippen LogP contribution in [0.15, 0.2) is 18.2 Å². The number of hydrogen-bond acceptors (Lipinski definition) is 7. The van der Waals surface area contributed by atoms with E-state index >= 15 is 0 Å². The lowest BCUT2D eigenvalue weighted by atomic mass is 9.83. The average molecular weight is 444 g/mol.